The van der Waals surface area contributed by atoms with E-state index >= 15 is 0 Å². The summed E-state index contributed by atoms with van der Waals surface area (Å²) in [6, 6.07) is 17.4. The van der Waals surface area contributed by atoms with Crippen molar-refractivity contribution in [2.24, 2.45) is 0 Å². The van der Waals surface area contributed by atoms with Crippen LogP contribution in [0.2, 0.25) is 0 Å². The van der Waals surface area contributed by atoms with Crippen molar-refractivity contribution in [1.29, 1.82) is 0 Å². The van der Waals surface area contributed by atoms with Crippen molar-refractivity contribution in [2.75, 3.05) is 7.11 Å². The maximum atomic E-state index is 12.5. The lowest BCUT2D eigenvalue weighted by Crippen LogP contribution is -2.23. The normalized spacial score (nSPS) is 10.3. The first-order valence-corrected chi connectivity index (χ1v) is 8.06. The van der Waals surface area contributed by atoms with Gasteiger partial charge in [-0.05, 0) is 11.6 Å². The number of amides is 1. The van der Waals surface area contributed by atoms with Crippen LogP contribution >= 0.6 is 11.3 Å². The van der Waals surface area contributed by atoms with Crippen LogP contribution in [0.5, 0.6) is 5.75 Å². The van der Waals surface area contributed by atoms with Crippen LogP contribution in [0.15, 0.2) is 60.1 Å². The van der Waals surface area contributed by atoms with Crippen molar-refractivity contribution in [2.45, 2.75) is 6.54 Å². The van der Waals surface area contributed by atoms with Gasteiger partial charge in [-0.1, -0.05) is 48.5 Å². The molecule has 0 radical (unpaired) electrons. The van der Waals surface area contributed by atoms with Gasteiger partial charge < -0.3 is 10.1 Å². The monoisotopic (exact) mass is 324 g/mol. The first-order valence-electron chi connectivity index (χ1n) is 7.18. The molecular weight excluding hydrogens is 308 g/mol. The zero-order valence-electron chi connectivity index (χ0n) is 12.7. The Morgan fingerprint density at radius 1 is 1.13 bits per heavy atom. The van der Waals surface area contributed by atoms with E-state index < -0.39 is 0 Å². The highest BCUT2D eigenvalue weighted by Gasteiger charge is 2.16. The molecule has 2 aromatic carbocycles. The van der Waals surface area contributed by atoms with Crippen LogP contribution in [-0.2, 0) is 6.54 Å². The van der Waals surface area contributed by atoms with Gasteiger partial charge in [-0.2, -0.15) is 0 Å². The summed E-state index contributed by atoms with van der Waals surface area (Å²) in [7, 11) is 1.62. The number of thiazole rings is 1. The van der Waals surface area contributed by atoms with Crippen molar-refractivity contribution in [3.8, 4) is 16.2 Å². The second-order valence-corrected chi connectivity index (χ2v) is 5.75. The van der Waals surface area contributed by atoms with Gasteiger partial charge in [0.1, 0.15) is 11.4 Å². The maximum absolute atomic E-state index is 12.5. The molecule has 3 rings (SSSR count). The number of carbonyl (C=O) groups excluding carboxylic acids is 1. The summed E-state index contributed by atoms with van der Waals surface area (Å²) >= 11 is 1.46. The summed E-state index contributed by atoms with van der Waals surface area (Å²) in [5.74, 6) is 0.574. The van der Waals surface area contributed by atoms with Crippen molar-refractivity contribution < 1.29 is 9.53 Å². The predicted molar refractivity (Wildman–Crippen MR) is 91.7 cm³/mol. The molecule has 1 aromatic heterocycles. The zero-order valence-corrected chi connectivity index (χ0v) is 13.5. The Balaban J connectivity index is 1.76. The molecule has 0 unspecified atom stereocenters. The summed E-state index contributed by atoms with van der Waals surface area (Å²) in [5, 5.41) is 2.91. The zero-order chi connectivity index (χ0) is 16.1. The number of hydrogen-bond acceptors (Lipinski definition) is 4. The molecule has 0 aliphatic rings. The minimum absolute atomic E-state index is 0.184. The van der Waals surface area contributed by atoms with E-state index in [4.69, 9.17) is 4.74 Å². The molecule has 0 aliphatic heterocycles. The number of hydrogen-bond donors (Lipinski definition) is 1. The van der Waals surface area contributed by atoms with Crippen LogP contribution in [0, 0.1) is 0 Å². The third-order valence-electron chi connectivity index (χ3n) is 3.45. The van der Waals surface area contributed by atoms with Gasteiger partial charge in [-0.3, -0.25) is 4.79 Å². The standard InChI is InChI=1S/C18H16N2O2S/c1-22-15-10-6-5-9-14(15)11-19-18(21)16-17(23-12-20-16)13-7-3-2-4-8-13/h2-10,12H,11H2,1H3,(H,19,21). The third kappa shape index (κ3) is 3.40. The summed E-state index contributed by atoms with van der Waals surface area (Å²) in [4.78, 5) is 17.6. The van der Waals surface area contributed by atoms with E-state index in [0.29, 0.717) is 12.2 Å². The molecule has 1 amide bonds. The topological polar surface area (TPSA) is 51.2 Å². The van der Waals surface area contributed by atoms with Gasteiger partial charge in [0.05, 0.1) is 17.5 Å². The minimum Gasteiger partial charge on any atom is -0.496 e. The molecule has 23 heavy (non-hydrogen) atoms. The van der Waals surface area contributed by atoms with E-state index in [-0.39, 0.29) is 5.91 Å². The van der Waals surface area contributed by atoms with E-state index in [2.05, 4.69) is 10.3 Å². The Labute approximate surface area is 138 Å². The summed E-state index contributed by atoms with van der Waals surface area (Å²) in [6.45, 7) is 0.397. The average Bonchev–Trinajstić information content (AvgIpc) is 3.10. The van der Waals surface area contributed by atoms with Gasteiger partial charge in [0, 0.05) is 12.1 Å². The molecule has 4 nitrogen and oxygen atoms in total. The van der Waals surface area contributed by atoms with Crippen LogP contribution in [0.4, 0.5) is 0 Å². The summed E-state index contributed by atoms with van der Waals surface area (Å²) in [6.07, 6.45) is 0. The van der Waals surface area contributed by atoms with Gasteiger partial charge in [0.25, 0.3) is 5.91 Å². The average molecular weight is 324 g/mol. The number of benzene rings is 2. The number of nitrogens with zero attached hydrogens (tertiary/aromatic N) is 1. The lowest BCUT2D eigenvalue weighted by molar-refractivity contribution is 0.0947. The molecule has 1 heterocycles. The van der Waals surface area contributed by atoms with Crippen LogP contribution in [0.3, 0.4) is 0 Å². The van der Waals surface area contributed by atoms with E-state index in [1.807, 2.05) is 54.6 Å². The molecule has 0 saturated carbocycles. The number of rotatable bonds is 5. The Bertz CT molecular complexity index is 800. The van der Waals surface area contributed by atoms with Gasteiger partial charge >= 0.3 is 0 Å². The molecule has 0 aliphatic carbocycles. The fourth-order valence-corrected chi connectivity index (χ4v) is 3.10. The van der Waals surface area contributed by atoms with Crippen molar-refractivity contribution in [3.63, 3.8) is 0 Å². The van der Waals surface area contributed by atoms with Crippen LogP contribution in [-0.4, -0.2) is 18.0 Å². The molecule has 0 bridgehead atoms. The molecule has 0 saturated heterocycles. The second kappa shape index (κ2) is 7.07. The van der Waals surface area contributed by atoms with Crippen LogP contribution in [0.1, 0.15) is 16.1 Å². The molecule has 0 atom stereocenters. The van der Waals surface area contributed by atoms with Crippen molar-refractivity contribution in [1.82, 2.24) is 10.3 Å². The lowest BCUT2D eigenvalue weighted by atomic mass is 10.1. The Morgan fingerprint density at radius 3 is 2.65 bits per heavy atom. The van der Waals surface area contributed by atoms with E-state index in [1.54, 1.807) is 12.6 Å². The second-order valence-electron chi connectivity index (χ2n) is 4.89. The summed E-state index contributed by atoms with van der Waals surface area (Å²) < 4.78 is 5.30. The predicted octanol–water partition coefficient (Wildman–Crippen LogP) is 3.75. The number of carbonyl (C=O) groups is 1. The van der Waals surface area contributed by atoms with E-state index in [9.17, 15) is 4.79 Å². The first-order chi connectivity index (χ1) is 11.3. The fourth-order valence-electron chi connectivity index (χ4n) is 2.31. The SMILES string of the molecule is COc1ccccc1CNC(=O)c1ncsc1-c1ccccc1. The van der Waals surface area contributed by atoms with Crippen LogP contribution in [0.25, 0.3) is 10.4 Å². The summed E-state index contributed by atoms with van der Waals surface area (Å²) in [5.41, 5.74) is 4.08. The maximum Gasteiger partial charge on any atom is 0.271 e. The minimum atomic E-state index is -0.184. The Morgan fingerprint density at radius 2 is 1.87 bits per heavy atom. The Hall–Kier alpha value is -2.66. The first kappa shape index (κ1) is 15.2. The number of nitrogens with one attached hydrogen (secondary N) is 1. The number of ether oxygens (including phenoxy) is 1. The number of aromatic nitrogens is 1. The smallest absolute Gasteiger partial charge is 0.271 e. The van der Waals surface area contributed by atoms with E-state index in [1.165, 1.54) is 11.3 Å². The highest BCUT2D eigenvalue weighted by Crippen LogP contribution is 2.27. The number of methoxy groups -OCH3 is 1. The van der Waals surface area contributed by atoms with Gasteiger partial charge in [0.2, 0.25) is 0 Å². The largest absolute Gasteiger partial charge is 0.496 e. The third-order valence-corrected chi connectivity index (χ3v) is 4.33. The molecular formula is C18H16N2O2S. The van der Waals surface area contributed by atoms with Crippen molar-refractivity contribution in [3.05, 3.63) is 71.4 Å². The van der Waals surface area contributed by atoms with Gasteiger partial charge in [0.15, 0.2) is 0 Å². The van der Waals surface area contributed by atoms with Crippen LogP contribution < -0.4 is 10.1 Å². The van der Waals surface area contributed by atoms with Crippen molar-refractivity contribution >= 4 is 17.2 Å². The van der Waals surface area contributed by atoms with Gasteiger partial charge in [-0.25, -0.2) is 4.98 Å². The quantitative estimate of drug-likeness (QED) is 0.777. The molecule has 5 heteroatoms. The highest BCUT2D eigenvalue weighted by molar-refractivity contribution is 7.13. The highest BCUT2D eigenvalue weighted by atomic mass is 32.1. The fraction of sp³-hybridized carbons (Fsp3) is 0.111. The molecule has 0 spiro atoms. The Kier molecular flexibility index (Phi) is 4.68. The van der Waals surface area contributed by atoms with Gasteiger partial charge in [-0.15, -0.1) is 11.3 Å². The van der Waals surface area contributed by atoms with E-state index in [0.717, 1.165) is 21.8 Å². The molecule has 3 aromatic rings. The lowest BCUT2D eigenvalue weighted by Gasteiger charge is -2.09. The molecule has 0 fully saturated rings. The molecule has 1 N–H and O–H groups in total. The number of para-hydroxylation sites is 1. The molecule has 116 valence electrons.